The maximum Gasteiger partial charge on any atom is 0.230 e. The summed E-state index contributed by atoms with van der Waals surface area (Å²) in [6.45, 7) is 7.64. The summed E-state index contributed by atoms with van der Waals surface area (Å²) in [6.07, 6.45) is 3.85. The molecule has 2 aliphatic rings. The second kappa shape index (κ2) is 6.59. The molecule has 3 heterocycles. The maximum atomic E-state index is 4.76. The molecule has 6 heteroatoms. The molecule has 0 amide bonds. The lowest BCUT2D eigenvalue weighted by atomic mass is 9.84. The molecule has 0 bridgehead atoms. The summed E-state index contributed by atoms with van der Waals surface area (Å²) in [7, 11) is 6.26. The molecular formula is C17H30N6. The summed E-state index contributed by atoms with van der Waals surface area (Å²) < 4.78 is 0. The Balaban J connectivity index is 1.84. The zero-order valence-corrected chi connectivity index (χ0v) is 15.2. The Kier molecular flexibility index (Phi) is 4.71. The number of anilines is 2. The van der Waals surface area contributed by atoms with Crippen molar-refractivity contribution in [3.05, 3.63) is 5.82 Å². The highest BCUT2D eigenvalue weighted by Gasteiger charge is 2.35. The van der Waals surface area contributed by atoms with E-state index in [4.69, 9.17) is 9.97 Å². The van der Waals surface area contributed by atoms with Gasteiger partial charge in [-0.1, -0.05) is 13.8 Å². The zero-order valence-electron chi connectivity index (χ0n) is 15.2. The van der Waals surface area contributed by atoms with Crippen LogP contribution in [0.4, 0.5) is 11.9 Å². The lowest BCUT2D eigenvalue weighted by Crippen LogP contribution is -2.53. The van der Waals surface area contributed by atoms with Crippen LogP contribution in [0.5, 0.6) is 0 Å². The van der Waals surface area contributed by atoms with Gasteiger partial charge < -0.3 is 14.7 Å². The van der Waals surface area contributed by atoms with Gasteiger partial charge >= 0.3 is 0 Å². The average Bonchev–Trinajstić information content (AvgIpc) is 2.54. The Hall–Kier alpha value is -1.43. The number of rotatable bonds is 3. The molecule has 2 aliphatic heterocycles. The Morgan fingerprint density at radius 3 is 2.57 bits per heavy atom. The van der Waals surface area contributed by atoms with E-state index in [0.29, 0.717) is 5.92 Å². The van der Waals surface area contributed by atoms with Gasteiger partial charge in [0.25, 0.3) is 0 Å². The molecule has 128 valence electrons. The fraction of sp³-hybridized carbons (Fsp3) is 0.824. The normalized spacial score (nSPS) is 25.6. The van der Waals surface area contributed by atoms with Crippen LogP contribution in [0.25, 0.3) is 0 Å². The van der Waals surface area contributed by atoms with Gasteiger partial charge in [-0.15, -0.1) is 0 Å². The number of aromatic nitrogens is 3. The summed E-state index contributed by atoms with van der Waals surface area (Å²) in [6, 6.07) is 0.736. The molecule has 3 rings (SSSR count). The first-order chi connectivity index (χ1) is 11.0. The topological polar surface area (TPSA) is 48.4 Å². The summed E-state index contributed by atoms with van der Waals surface area (Å²) in [5, 5.41) is 0. The van der Waals surface area contributed by atoms with Crippen molar-refractivity contribution in [2.45, 2.75) is 45.1 Å². The third-order valence-electron chi connectivity index (χ3n) is 5.17. The molecule has 2 unspecified atom stereocenters. The first kappa shape index (κ1) is 16.4. The van der Waals surface area contributed by atoms with Crippen LogP contribution < -0.4 is 9.80 Å². The van der Waals surface area contributed by atoms with Gasteiger partial charge in [0.1, 0.15) is 5.82 Å². The summed E-state index contributed by atoms with van der Waals surface area (Å²) in [5.74, 6) is 3.57. The van der Waals surface area contributed by atoms with Crippen LogP contribution in [0.1, 0.15) is 44.9 Å². The monoisotopic (exact) mass is 318 g/mol. The number of piperidine rings is 2. The molecule has 2 atom stereocenters. The summed E-state index contributed by atoms with van der Waals surface area (Å²) in [5.41, 5.74) is 0. The van der Waals surface area contributed by atoms with Crippen molar-refractivity contribution in [2.24, 2.45) is 5.92 Å². The molecule has 2 saturated heterocycles. The number of hydrogen-bond acceptors (Lipinski definition) is 6. The maximum absolute atomic E-state index is 4.76. The number of nitrogens with zero attached hydrogens (tertiary/aromatic N) is 6. The number of fused-ring (bicyclic) bond motifs is 1. The molecule has 1 aromatic heterocycles. The van der Waals surface area contributed by atoms with Crippen LogP contribution in [0.3, 0.4) is 0 Å². The Labute approximate surface area is 139 Å². The average molecular weight is 318 g/mol. The molecular weight excluding hydrogens is 288 g/mol. The van der Waals surface area contributed by atoms with E-state index >= 15 is 0 Å². The van der Waals surface area contributed by atoms with Gasteiger partial charge in [0, 0.05) is 39.1 Å². The molecule has 0 saturated carbocycles. The lowest BCUT2D eigenvalue weighted by Gasteiger charge is -2.46. The minimum atomic E-state index is 0.314. The van der Waals surface area contributed by atoms with Gasteiger partial charge in [0.2, 0.25) is 11.9 Å². The fourth-order valence-corrected chi connectivity index (χ4v) is 3.80. The van der Waals surface area contributed by atoms with E-state index in [1.807, 2.05) is 19.0 Å². The van der Waals surface area contributed by atoms with Crippen molar-refractivity contribution in [1.82, 2.24) is 19.9 Å². The lowest BCUT2D eigenvalue weighted by molar-refractivity contribution is 0.102. The van der Waals surface area contributed by atoms with Crippen molar-refractivity contribution in [3.8, 4) is 0 Å². The highest BCUT2D eigenvalue weighted by atomic mass is 15.3. The SMILES string of the molecule is CC(C)c1nc(N(C)C)nc(N2CCC3C(CCCN3C)C2)n1. The summed E-state index contributed by atoms with van der Waals surface area (Å²) in [4.78, 5) is 21.0. The van der Waals surface area contributed by atoms with Gasteiger partial charge in [0.05, 0.1) is 0 Å². The molecule has 0 N–H and O–H groups in total. The van der Waals surface area contributed by atoms with E-state index in [-0.39, 0.29) is 0 Å². The van der Waals surface area contributed by atoms with E-state index in [9.17, 15) is 0 Å². The predicted molar refractivity (Wildman–Crippen MR) is 94.2 cm³/mol. The van der Waals surface area contributed by atoms with Crippen LogP contribution in [0, 0.1) is 5.92 Å². The van der Waals surface area contributed by atoms with Crippen molar-refractivity contribution < 1.29 is 0 Å². The van der Waals surface area contributed by atoms with Crippen molar-refractivity contribution in [1.29, 1.82) is 0 Å². The van der Waals surface area contributed by atoms with Crippen LogP contribution in [-0.4, -0.2) is 66.7 Å². The van der Waals surface area contributed by atoms with Crippen LogP contribution in [0.2, 0.25) is 0 Å². The van der Waals surface area contributed by atoms with Crippen molar-refractivity contribution in [2.75, 3.05) is 50.6 Å². The van der Waals surface area contributed by atoms with Gasteiger partial charge in [-0.05, 0) is 38.8 Å². The third-order valence-corrected chi connectivity index (χ3v) is 5.17. The Morgan fingerprint density at radius 1 is 1.09 bits per heavy atom. The highest BCUT2D eigenvalue weighted by molar-refractivity contribution is 5.39. The Bertz CT molecular complexity index is 518. The van der Waals surface area contributed by atoms with Gasteiger partial charge in [-0.2, -0.15) is 15.0 Å². The van der Waals surface area contributed by atoms with Gasteiger partial charge in [0.15, 0.2) is 0 Å². The quantitative estimate of drug-likeness (QED) is 0.849. The van der Waals surface area contributed by atoms with E-state index < -0.39 is 0 Å². The van der Waals surface area contributed by atoms with E-state index in [1.165, 1.54) is 25.8 Å². The fourth-order valence-electron chi connectivity index (χ4n) is 3.80. The molecule has 2 fully saturated rings. The first-order valence-corrected chi connectivity index (χ1v) is 8.84. The minimum absolute atomic E-state index is 0.314. The smallest absolute Gasteiger partial charge is 0.230 e. The summed E-state index contributed by atoms with van der Waals surface area (Å²) >= 11 is 0. The van der Waals surface area contributed by atoms with Gasteiger partial charge in [-0.25, -0.2) is 0 Å². The van der Waals surface area contributed by atoms with Gasteiger partial charge in [-0.3, -0.25) is 0 Å². The highest BCUT2D eigenvalue weighted by Crippen LogP contribution is 2.31. The van der Waals surface area contributed by atoms with E-state index in [1.54, 1.807) is 0 Å². The Morgan fingerprint density at radius 2 is 1.87 bits per heavy atom. The molecule has 0 aliphatic carbocycles. The molecule has 1 aromatic rings. The van der Waals surface area contributed by atoms with Crippen LogP contribution in [-0.2, 0) is 0 Å². The van der Waals surface area contributed by atoms with Crippen molar-refractivity contribution in [3.63, 3.8) is 0 Å². The van der Waals surface area contributed by atoms with E-state index in [2.05, 4.69) is 35.7 Å². The molecule has 0 spiro atoms. The van der Waals surface area contributed by atoms with Crippen molar-refractivity contribution >= 4 is 11.9 Å². The molecule has 0 radical (unpaired) electrons. The molecule has 0 aromatic carbocycles. The first-order valence-electron chi connectivity index (χ1n) is 8.84. The molecule has 6 nitrogen and oxygen atoms in total. The standard InChI is InChI=1S/C17H30N6/c1-12(2)15-18-16(21(3)4)20-17(19-15)23-10-8-14-13(11-23)7-6-9-22(14)5/h12-14H,6-11H2,1-5H3. The second-order valence-electron chi connectivity index (χ2n) is 7.53. The van der Waals surface area contributed by atoms with Crippen LogP contribution >= 0.6 is 0 Å². The largest absolute Gasteiger partial charge is 0.347 e. The minimum Gasteiger partial charge on any atom is -0.347 e. The third kappa shape index (κ3) is 3.42. The number of likely N-dealkylation sites (tertiary alicyclic amines) is 1. The zero-order chi connectivity index (χ0) is 16.6. The van der Waals surface area contributed by atoms with E-state index in [0.717, 1.165) is 42.8 Å². The number of hydrogen-bond donors (Lipinski definition) is 0. The van der Waals surface area contributed by atoms with Crippen LogP contribution in [0.15, 0.2) is 0 Å². The predicted octanol–water partition coefficient (Wildman–Crippen LogP) is 1.98. The molecule has 23 heavy (non-hydrogen) atoms. The second-order valence-corrected chi connectivity index (χ2v) is 7.53.